The average molecular weight is 234 g/mol. The number of halogens is 1. The smallest absolute Gasteiger partial charge is 0.303 e. The molecule has 0 saturated carbocycles. The fourth-order valence-corrected chi connectivity index (χ4v) is 2.11. The minimum atomic E-state index is -0.808. The molecule has 1 aromatic rings. The summed E-state index contributed by atoms with van der Waals surface area (Å²) in [7, 11) is 0. The molecule has 1 heterocycles. The van der Waals surface area contributed by atoms with Gasteiger partial charge in [-0.25, -0.2) is 0 Å². The van der Waals surface area contributed by atoms with Gasteiger partial charge in [0.25, 0.3) is 0 Å². The van der Waals surface area contributed by atoms with Crippen molar-refractivity contribution in [1.82, 2.24) is 0 Å². The Morgan fingerprint density at radius 3 is 2.93 bits per heavy atom. The summed E-state index contributed by atoms with van der Waals surface area (Å²) in [6.07, 6.45) is 1.25. The maximum absolute atomic E-state index is 10.3. The van der Waals surface area contributed by atoms with Gasteiger partial charge < -0.3 is 10.8 Å². The first kappa shape index (κ1) is 11.5. The Morgan fingerprint density at radius 2 is 2.43 bits per heavy atom. The Hall–Kier alpha value is -0.580. The predicted molar refractivity (Wildman–Crippen MR) is 57.9 cm³/mol. The summed E-state index contributed by atoms with van der Waals surface area (Å²) < 4.78 is 0.746. The SMILES string of the molecule is NC(CCC(=O)O)Cc1ccsc1Cl. The van der Waals surface area contributed by atoms with Crippen LogP contribution in [0.3, 0.4) is 0 Å². The molecule has 0 fully saturated rings. The number of carboxylic acids is 1. The van der Waals surface area contributed by atoms with Crippen molar-refractivity contribution in [2.75, 3.05) is 0 Å². The van der Waals surface area contributed by atoms with E-state index in [9.17, 15) is 4.79 Å². The Bertz CT molecular complexity index is 314. The summed E-state index contributed by atoms with van der Waals surface area (Å²) in [5, 5.41) is 10.4. The quantitative estimate of drug-likeness (QED) is 0.819. The molecular formula is C9H12ClNO2S. The van der Waals surface area contributed by atoms with Crippen molar-refractivity contribution in [2.24, 2.45) is 5.73 Å². The number of carboxylic acid groups (broad SMARTS) is 1. The lowest BCUT2D eigenvalue weighted by Crippen LogP contribution is -2.23. The van der Waals surface area contributed by atoms with E-state index in [1.54, 1.807) is 0 Å². The molecule has 0 aliphatic heterocycles. The van der Waals surface area contributed by atoms with E-state index in [0.717, 1.165) is 9.90 Å². The Labute approximate surface area is 91.5 Å². The van der Waals surface area contributed by atoms with Crippen molar-refractivity contribution in [1.29, 1.82) is 0 Å². The topological polar surface area (TPSA) is 63.3 Å². The molecular weight excluding hydrogens is 222 g/mol. The van der Waals surface area contributed by atoms with Crippen molar-refractivity contribution in [2.45, 2.75) is 25.3 Å². The van der Waals surface area contributed by atoms with Crippen LogP contribution in [0.4, 0.5) is 0 Å². The van der Waals surface area contributed by atoms with Gasteiger partial charge in [-0.05, 0) is 29.9 Å². The lowest BCUT2D eigenvalue weighted by Gasteiger charge is -2.08. The van der Waals surface area contributed by atoms with E-state index in [2.05, 4.69) is 0 Å². The molecule has 0 aromatic carbocycles. The van der Waals surface area contributed by atoms with E-state index in [0.29, 0.717) is 12.8 Å². The lowest BCUT2D eigenvalue weighted by atomic mass is 10.1. The Morgan fingerprint density at radius 1 is 1.71 bits per heavy atom. The van der Waals surface area contributed by atoms with Gasteiger partial charge in [0.05, 0.1) is 4.34 Å². The summed E-state index contributed by atoms with van der Waals surface area (Å²) in [5.74, 6) is -0.808. The molecule has 0 aliphatic carbocycles. The molecule has 3 nitrogen and oxygen atoms in total. The highest BCUT2D eigenvalue weighted by molar-refractivity contribution is 7.14. The summed E-state index contributed by atoms with van der Waals surface area (Å²) in [6, 6.07) is 1.80. The second-order valence-electron chi connectivity index (χ2n) is 3.12. The highest BCUT2D eigenvalue weighted by atomic mass is 35.5. The van der Waals surface area contributed by atoms with Gasteiger partial charge in [-0.15, -0.1) is 11.3 Å². The van der Waals surface area contributed by atoms with E-state index < -0.39 is 5.97 Å². The zero-order valence-corrected chi connectivity index (χ0v) is 9.14. The van der Waals surface area contributed by atoms with Gasteiger partial charge in [-0.3, -0.25) is 4.79 Å². The van der Waals surface area contributed by atoms with Crippen LogP contribution in [0.25, 0.3) is 0 Å². The summed E-state index contributed by atoms with van der Waals surface area (Å²) in [6.45, 7) is 0. The summed E-state index contributed by atoms with van der Waals surface area (Å²) in [5.41, 5.74) is 6.77. The number of aliphatic carboxylic acids is 1. The average Bonchev–Trinajstić information content (AvgIpc) is 2.49. The van der Waals surface area contributed by atoms with E-state index in [-0.39, 0.29) is 12.5 Å². The molecule has 78 valence electrons. The van der Waals surface area contributed by atoms with Crippen molar-refractivity contribution in [3.63, 3.8) is 0 Å². The number of thiophene rings is 1. The van der Waals surface area contributed by atoms with Gasteiger partial charge >= 0.3 is 5.97 Å². The molecule has 0 spiro atoms. The maximum atomic E-state index is 10.3. The van der Waals surface area contributed by atoms with Gasteiger partial charge in [-0.2, -0.15) is 0 Å². The van der Waals surface area contributed by atoms with Gasteiger partial charge in [-0.1, -0.05) is 11.6 Å². The van der Waals surface area contributed by atoms with E-state index in [1.165, 1.54) is 11.3 Å². The van der Waals surface area contributed by atoms with Crippen LogP contribution >= 0.6 is 22.9 Å². The van der Waals surface area contributed by atoms with E-state index in [4.69, 9.17) is 22.4 Å². The molecule has 0 radical (unpaired) electrons. The molecule has 14 heavy (non-hydrogen) atoms. The minimum Gasteiger partial charge on any atom is -0.481 e. The predicted octanol–water partition coefficient (Wildman–Crippen LogP) is 2.14. The molecule has 0 saturated heterocycles. The summed E-state index contributed by atoms with van der Waals surface area (Å²) >= 11 is 7.36. The highest BCUT2D eigenvalue weighted by Gasteiger charge is 2.09. The zero-order chi connectivity index (χ0) is 10.6. The Balaban J connectivity index is 2.37. The second-order valence-corrected chi connectivity index (χ2v) is 4.63. The number of carbonyl (C=O) groups is 1. The van der Waals surface area contributed by atoms with Gasteiger partial charge in [0.15, 0.2) is 0 Å². The fraction of sp³-hybridized carbons (Fsp3) is 0.444. The number of hydrogen-bond acceptors (Lipinski definition) is 3. The maximum Gasteiger partial charge on any atom is 0.303 e. The highest BCUT2D eigenvalue weighted by Crippen LogP contribution is 2.24. The first-order chi connectivity index (χ1) is 6.59. The third-order valence-corrected chi connectivity index (χ3v) is 3.16. The minimum absolute atomic E-state index is 0.114. The van der Waals surface area contributed by atoms with E-state index in [1.807, 2.05) is 11.4 Å². The lowest BCUT2D eigenvalue weighted by molar-refractivity contribution is -0.137. The zero-order valence-electron chi connectivity index (χ0n) is 7.57. The first-order valence-electron chi connectivity index (χ1n) is 4.29. The molecule has 1 aromatic heterocycles. The molecule has 1 rings (SSSR count). The van der Waals surface area contributed by atoms with Crippen LogP contribution in [0.1, 0.15) is 18.4 Å². The molecule has 0 aliphatic rings. The Kier molecular flexibility index (Phi) is 4.38. The fourth-order valence-electron chi connectivity index (χ4n) is 1.16. The molecule has 0 bridgehead atoms. The third kappa shape index (κ3) is 3.65. The molecule has 1 atom stereocenters. The normalized spacial score (nSPS) is 12.7. The number of hydrogen-bond donors (Lipinski definition) is 2. The molecule has 0 amide bonds. The molecule has 3 N–H and O–H groups in total. The van der Waals surface area contributed by atoms with Crippen LogP contribution in [0, 0.1) is 0 Å². The van der Waals surface area contributed by atoms with Crippen molar-refractivity contribution in [3.8, 4) is 0 Å². The van der Waals surface area contributed by atoms with Crippen molar-refractivity contribution >= 4 is 28.9 Å². The molecule has 1 unspecified atom stereocenters. The van der Waals surface area contributed by atoms with Crippen LogP contribution in [-0.4, -0.2) is 17.1 Å². The number of rotatable bonds is 5. The number of nitrogens with two attached hydrogens (primary N) is 1. The van der Waals surface area contributed by atoms with Crippen LogP contribution in [0.15, 0.2) is 11.4 Å². The second kappa shape index (κ2) is 5.34. The third-order valence-electron chi connectivity index (χ3n) is 1.90. The van der Waals surface area contributed by atoms with Crippen LogP contribution in [0.5, 0.6) is 0 Å². The standard InChI is InChI=1S/C9H12ClNO2S/c10-9-6(3-4-14-9)5-7(11)1-2-8(12)13/h3-4,7H,1-2,5,11H2,(H,12,13). The van der Waals surface area contributed by atoms with Crippen molar-refractivity contribution < 1.29 is 9.90 Å². The van der Waals surface area contributed by atoms with Gasteiger partial charge in [0.2, 0.25) is 0 Å². The summed E-state index contributed by atoms with van der Waals surface area (Å²) in [4.78, 5) is 10.3. The van der Waals surface area contributed by atoms with Crippen molar-refractivity contribution in [3.05, 3.63) is 21.3 Å². The van der Waals surface area contributed by atoms with Gasteiger partial charge in [0, 0.05) is 12.5 Å². The largest absolute Gasteiger partial charge is 0.481 e. The monoisotopic (exact) mass is 233 g/mol. The first-order valence-corrected chi connectivity index (χ1v) is 5.54. The van der Waals surface area contributed by atoms with Crippen LogP contribution in [0.2, 0.25) is 4.34 Å². The van der Waals surface area contributed by atoms with E-state index >= 15 is 0 Å². The van der Waals surface area contributed by atoms with Crippen LogP contribution < -0.4 is 5.73 Å². The van der Waals surface area contributed by atoms with Gasteiger partial charge in [0.1, 0.15) is 0 Å². The molecule has 5 heteroatoms. The van der Waals surface area contributed by atoms with Crippen LogP contribution in [-0.2, 0) is 11.2 Å².